The molecule has 1 saturated heterocycles. The Bertz CT molecular complexity index is 1230. The third-order valence-corrected chi connectivity index (χ3v) is 6.89. The molecule has 8 heteroatoms. The molecule has 4 atom stereocenters. The number of fused-ring (bicyclic) bond motifs is 1. The van der Waals surface area contributed by atoms with Crippen LogP contribution in [0.5, 0.6) is 0 Å². The molecule has 0 saturated carbocycles. The number of aliphatic hydroxyl groups is 1. The monoisotopic (exact) mass is 537 g/mol. The molecular formula is C26H21BrClN3O3. The molecule has 2 amide bonds. The quantitative estimate of drug-likeness (QED) is 0.355. The molecule has 34 heavy (non-hydrogen) atoms. The Hall–Kier alpha value is -2.97. The van der Waals surface area contributed by atoms with Gasteiger partial charge in [0.2, 0.25) is 5.91 Å². The first-order valence-electron chi connectivity index (χ1n) is 10.8. The van der Waals surface area contributed by atoms with Gasteiger partial charge in [-0.25, -0.2) is 9.91 Å². The second kappa shape index (κ2) is 9.35. The Balaban J connectivity index is 1.54. The van der Waals surface area contributed by atoms with Crippen LogP contribution in [-0.2, 0) is 9.59 Å². The average molecular weight is 539 g/mol. The van der Waals surface area contributed by atoms with E-state index in [4.69, 9.17) is 11.6 Å². The van der Waals surface area contributed by atoms with Crippen LogP contribution >= 0.6 is 27.5 Å². The number of aliphatic hydroxyl groups excluding tert-OH is 1. The van der Waals surface area contributed by atoms with Gasteiger partial charge in [-0.05, 0) is 54.1 Å². The van der Waals surface area contributed by atoms with E-state index in [2.05, 4.69) is 21.4 Å². The molecule has 2 heterocycles. The molecule has 2 aliphatic rings. The summed E-state index contributed by atoms with van der Waals surface area (Å²) in [6.45, 7) is 0. The lowest BCUT2D eigenvalue weighted by atomic mass is 9.90. The number of halogens is 2. The Labute approximate surface area is 210 Å². The minimum absolute atomic E-state index is 0.295. The molecule has 3 aromatic rings. The van der Waals surface area contributed by atoms with E-state index in [-0.39, 0.29) is 11.8 Å². The summed E-state index contributed by atoms with van der Waals surface area (Å²) in [6, 6.07) is 21.9. The molecule has 2 unspecified atom stereocenters. The number of para-hydroxylation sites is 1. The van der Waals surface area contributed by atoms with E-state index in [0.29, 0.717) is 22.0 Å². The van der Waals surface area contributed by atoms with Gasteiger partial charge in [-0.3, -0.25) is 9.59 Å². The minimum atomic E-state index is -0.946. The van der Waals surface area contributed by atoms with E-state index in [1.807, 2.05) is 30.3 Å². The number of benzene rings is 3. The number of rotatable bonds is 5. The number of hydrazine groups is 1. The molecule has 1 fully saturated rings. The molecule has 5 rings (SSSR count). The first kappa shape index (κ1) is 22.8. The van der Waals surface area contributed by atoms with Crippen LogP contribution in [-0.4, -0.2) is 34.0 Å². The van der Waals surface area contributed by atoms with Crippen LogP contribution < -0.4 is 10.3 Å². The maximum atomic E-state index is 13.6. The van der Waals surface area contributed by atoms with Gasteiger partial charge in [0.25, 0.3) is 5.91 Å². The number of carbonyl (C=O) groups is 2. The highest BCUT2D eigenvalue weighted by atomic mass is 79.9. The third-order valence-electron chi connectivity index (χ3n) is 6.11. The number of imide groups is 1. The highest BCUT2D eigenvalue weighted by Crippen LogP contribution is 2.38. The predicted molar refractivity (Wildman–Crippen MR) is 135 cm³/mol. The lowest BCUT2D eigenvalue weighted by Crippen LogP contribution is -2.55. The van der Waals surface area contributed by atoms with Gasteiger partial charge >= 0.3 is 0 Å². The molecule has 2 N–H and O–H groups in total. The van der Waals surface area contributed by atoms with Gasteiger partial charge in [-0.15, -0.1) is 0 Å². The fourth-order valence-electron chi connectivity index (χ4n) is 4.43. The van der Waals surface area contributed by atoms with E-state index in [1.165, 1.54) is 4.90 Å². The standard InChI is InChI=1S/C26H21BrClN3O3/c27-17-8-6-16(7-9-17)24(32)22-15-14-21-23(31(22)29-19-12-10-18(28)11-13-19)26(34)30(25(21)33)20-4-2-1-3-5-20/h1-15,21-24,29,32H/t21?,22-,23?,24-/m1/s1. The maximum absolute atomic E-state index is 13.6. The number of anilines is 2. The smallest absolute Gasteiger partial charge is 0.254 e. The topological polar surface area (TPSA) is 72.9 Å². The number of carbonyl (C=O) groups excluding carboxylic acids is 2. The van der Waals surface area contributed by atoms with Gasteiger partial charge in [0.05, 0.1) is 23.8 Å². The van der Waals surface area contributed by atoms with Crippen molar-refractivity contribution in [3.8, 4) is 0 Å². The number of hydrogen-bond donors (Lipinski definition) is 2. The van der Waals surface area contributed by atoms with Gasteiger partial charge in [-0.2, -0.15) is 0 Å². The third kappa shape index (κ3) is 4.16. The summed E-state index contributed by atoms with van der Waals surface area (Å²) in [6.07, 6.45) is 2.58. The van der Waals surface area contributed by atoms with E-state index >= 15 is 0 Å². The maximum Gasteiger partial charge on any atom is 0.254 e. The molecule has 0 radical (unpaired) electrons. The molecule has 0 aliphatic carbocycles. The zero-order valence-corrected chi connectivity index (χ0v) is 20.2. The summed E-state index contributed by atoms with van der Waals surface area (Å²) in [5.74, 6) is -1.32. The van der Waals surface area contributed by atoms with Gasteiger partial charge in [-0.1, -0.05) is 70.0 Å². The number of amides is 2. The fourth-order valence-corrected chi connectivity index (χ4v) is 4.82. The van der Waals surface area contributed by atoms with E-state index < -0.39 is 24.1 Å². The average Bonchev–Trinajstić information content (AvgIpc) is 3.11. The van der Waals surface area contributed by atoms with Crippen molar-refractivity contribution >= 4 is 50.7 Å². The molecule has 6 nitrogen and oxygen atoms in total. The van der Waals surface area contributed by atoms with Gasteiger partial charge in [0, 0.05) is 15.2 Å². The van der Waals surface area contributed by atoms with Crippen molar-refractivity contribution in [2.75, 3.05) is 10.3 Å². The summed E-state index contributed by atoms with van der Waals surface area (Å²) < 4.78 is 0.897. The van der Waals surface area contributed by atoms with Crippen molar-refractivity contribution in [1.82, 2.24) is 5.01 Å². The SMILES string of the molecule is O=C1C2C=C[C@H]([C@H](O)c3ccc(Br)cc3)N(Nc3ccc(Cl)cc3)C2C(=O)N1c1ccccc1. The summed E-state index contributed by atoms with van der Waals surface area (Å²) in [5, 5.41) is 13.6. The zero-order chi connectivity index (χ0) is 23.8. The first-order chi connectivity index (χ1) is 16.4. The van der Waals surface area contributed by atoms with Crippen molar-refractivity contribution in [1.29, 1.82) is 0 Å². The van der Waals surface area contributed by atoms with Crippen LogP contribution in [0.15, 0.2) is 95.5 Å². The Morgan fingerprint density at radius 3 is 2.24 bits per heavy atom. The normalized spacial score (nSPS) is 23.1. The van der Waals surface area contributed by atoms with Crippen LogP contribution in [0.3, 0.4) is 0 Å². The van der Waals surface area contributed by atoms with E-state index in [1.54, 1.807) is 65.7 Å². The molecule has 3 aromatic carbocycles. The second-order valence-electron chi connectivity index (χ2n) is 8.22. The van der Waals surface area contributed by atoms with Gasteiger partial charge < -0.3 is 10.5 Å². The molecule has 0 aromatic heterocycles. The van der Waals surface area contributed by atoms with Crippen molar-refractivity contribution in [3.63, 3.8) is 0 Å². The summed E-state index contributed by atoms with van der Waals surface area (Å²) >= 11 is 9.46. The molecular weight excluding hydrogens is 518 g/mol. The molecule has 172 valence electrons. The van der Waals surface area contributed by atoms with Crippen molar-refractivity contribution in [2.24, 2.45) is 5.92 Å². The summed E-state index contributed by atoms with van der Waals surface area (Å²) in [5.41, 5.74) is 5.17. The molecule has 0 bridgehead atoms. The Kier molecular flexibility index (Phi) is 6.27. The van der Waals surface area contributed by atoms with Crippen LogP contribution in [0.2, 0.25) is 5.02 Å². The largest absolute Gasteiger partial charge is 0.386 e. The molecule has 0 spiro atoms. The number of nitrogens with zero attached hydrogens (tertiary/aromatic N) is 2. The van der Waals surface area contributed by atoms with Crippen molar-refractivity contribution in [3.05, 3.63) is 106 Å². The highest BCUT2D eigenvalue weighted by molar-refractivity contribution is 9.10. The minimum Gasteiger partial charge on any atom is -0.386 e. The summed E-state index contributed by atoms with van der Waals surface area (Å²) in [7, 11) is 0. The van der Waals surface area contributed by atoms with Crippen LogP contribution in [0.4, 0.5) is 11.4 Å². The van der Waals surface area contributed by atoms with Crippen molar-refractivity contribution in [2.45, 2.75) is 18.2 Å². The van der Waals surface area contributed by atoms with Gasteiger partial charge in [0.15, 0.2) is 0 Å². The Morgan fingerprint density at radius 2 is 1.56 bits per heavy atom. The van der Waals surface area contributed by atoms with Crippen LogP contribution in [0, 0.1) is 5.92 Å². The lowest BCUT2D eigenvalue weighted by Gasteiger charge is -2.40. The van der Waals surface area contributed by atoms with Crippen LogP contribution in [0.1, 0.15) is 11.7 Å². The highest BCUT2D eigenvalue weighted by Gasteiger charge is 2.54. The zero-order valence-electron chi connectivity index (χ0n) is 17.9. The Morgan fingerprint density at radius 1 is 0.882 bits per heavy atom. The molecule has 2 aliphatic heterocycles. The summed E-state index contributed by atoms with van der Waals surface area (Å²) in [4.78, 5) is 28.2. The number of nitrogens with one attached hydrogen (secondary N) is 1. The van der Waals surface area contributed by atoms with E-state index in [0.717, 1.165) is 4.47 Å². The van der Waals surface area contributed by atoms with Crippen molar-refractivity contribution < 1.29 is 14.7 Å². The fraction of sp³-hybridized carbons (Fsp3) is 0.154. The first-order valence-corrected chi connectivity index (χ1v) is 12.0. The lowest BCUT2D eigenvalue weighted by molar-refractivity contribution is -0.123. The van der Waals surface area contributed by atoms with Crippen LogP contribution in [0.25, 0.3) is 0 Å². The van der Waals surface area contributed by atoms with Gasteiger partial charge in [0.1, 0.15) is 6.04 Å². The predicted octanol–water partition coefficient (Wildman–Crippen LogP) is 4.96. The second-order valence-corrected chi connectivity index (χ2v) is 9.57. The number of hydrogen-bond acceptors (Lipinski definition) is 5. The van der Waals surface area contributed by atoms with E-state index in [9.17, 15) is 14.7 Å².